The van der Waals surface area contributed by atoms with Crippen molar-refractivity contribution in [3.63, 3.8) is 0 Å². The topological polar surface area (TPSA) is 37.8 Å². The third kappa shape index (κ3) is 2.28. The molecule has 3 heteroatoms. The lowest BCUT2D eigenvalue weighted by atomic mass is 9.96. The Morgan fingerprint density at radius 2 is 1.82 bits per heavy atom. The quantitative estimate of drug-likeness (QED) is 0.850. The number of anilines is 1. The molecule has 3 nitrogen and oxygen atoms in total. The molecule has 0 spiro atoms. The highest BCUT2D eigenvalue weighted by Crippen LogP contribution is 2.25. The largest absolute Gasteiger partial charge is 0.351 e. The van der Waals surface area contributed by atoms with Crippen LogP contribution >= 0.6 is 0 Å². The summed E-state index contributed by atoms with van der Waals surface area (Å²) in [6, 6.07) is 0.600. The van der Waals surface area contributed by atoms with Crippen LogP contribution in [-0.4, -0.2) is 16.0 Å². The van der Waals surface area contributed by atoms with Crippen molar-refractivity contribution in [3.05, 3.63) is 17.0 Å². The number of nitrogens with one attached hydrogen (secondary N) is 1. The van der Waals surface area contributed by atoms with Gasteiger partial charge in [0.05, 0.1) is 0 Å². The van der Waals surface area contributed by atoms with Gasteiger partial charge in [-0.05, 0) is 44.6 Å². The molecule has 0 aromatic carbocycles. The third-order valence-corrected chi connectivity index (χ3v) is 4.08. The zero-order valence-electron chi connectivity index (χ0n) is 10.6. The minimum absolute atomic E-state index is 0.600. The van der Waals surface area contributed by atoms with Gasteiger partial charge >= 0.3 is 0 Å². The molecule has 92 valence electrons. The number of rotatable bonds is 2. The predicted molar refractivity (Wildman–Crippen MR) is 69.3 cm³/mol. The van der Waals surface area contributed by atoms with Gasteiger partial charge in [0.1, 0.15) is 0 Å². The van der Waals surface area contributed by atoms with Crippen molar-refractivity contribution >= 4 is 5.95 Å². The first-order valence-corrected chi connectivity index (χ1v) is 6.96. The van der Waals surface area contributed by atoms with E-state index >= 15 is 0 Å². The minimum atomic E-state index is 0.600. The molecule has 1 fully saturated rings. The molecule has 1 N–H and O–H groups in total. The number of aryl methyl sites for hydroxylation is 2. The zero-order valence-corrected chi connectivity index (χ0v) is 10.6. The lowest BCUT2D eigenvalue weighted by Crippen LogP contribution is -2.24. The summed E-state index contributed by atoms with van der Waals surface area (Å²) in [6.45, 7) is 2.12. The summed E-state index contributed by atoms with van der Waals surface area (Å²) in [5.74, 6) is 0.870. The fourth-order valence-corrected chi connectivity index (χ4v) is 3.11. The van der Waals surface area contributed by atoms with E-state index in [0.29, 0.717) is 6.04 Å². The molecule has 0 radical (unpaired) electrons. The molecular formula is C14H21N3. The minimum Gasteiger partial charge on any atom is -0.351 e. The van der Waals surface area contributed by atoms with E-state index in [-0.39, 0.29) is 0 Å². The Bertz CT molecular complexity index is 408. The van der Waals surface area contributed by atoms with Gasteiger partial charge in [0.15, 0.2) is 0 Å². The van der Waals surface area contributed by atoms with Gasteiger partial charge in [-0.15, -0.1) is 0 Å². The Labute approximate surface area is 103 Å². The number of hydrogen-bond acceptors (Lipinski definition) is 3. The second-order valence-corrected chi connectivity index (χ2v) is 5.39. The molecular weight excluding hydrogens is 210 g/mol. The summed E-state index contributed by atoms with van der Waals surface area (Å²) in [4.78, 5) is 9.30. The molecule has 3 rings (SSSR count). The monoisotopic (exact) mass is 231 g/mol. The normalized spacial score (nSPS) is 20.3. The van der Waals surface area contributed by atoms with Crippen LogP contribution in [0.3, 0.4) is 0 Å². The van der Waals surface area contributed by atoms with E-state index in [1.54, 1.807) is 0 Å². The van der Waals surface area contributed by atoms with Crippen molar-refractivity contribution in [3.8, 4) is 0 Å². The van der Waals surface area contributed by atoms with Crippen molar-refractivity contribution in [2.75, 3.05) is 5.32 Å². The molecule has 0 unspecified atom stereocenters. The summed E-state index contributed by atoms with van der Waals surface area (Å²) in [5, 5.41) is 3.53. The number of hydrogen-bond donors (Lipinski definition) is 1. The summed E-state index contributed by atoms with van der Waals surface area (Å²) in [6.07, 6.45) is 10.2. The van der Waals surface area contributed by atoms with E-state index in [2.05, 4.69) is 22.2 Å². The predicted octanol–water partition coefficient (Wildman–Crippen LogP) is 3.02. The lowest BCUT2D eigenvalue weighted by Gasteiger charge is -2.23. The second kappa shape index (κ2) is 4.63. The van der Waals surface area contributed by atoms with Crippen LogP contribution in [0.1, 0.15) is 55.5 Å². The fourth-order valence-electron chi connectivity index (χ4n) is 3.11. The highest BCUT2D eigenvalue weighted by atomic mass is 15.1. The average molecular weight is 231 g/mol. The van der Waals surface area contributed by atoms with Crippen LogP contribution in [0.2, 0.25) is 0 Å². The highest BCUT2D eigenvalue weighted by Gasteiger charge is 2.19. The second-order valence-electron chi connectivity index (χ2n) is 5.39. The molecule has 2 aliphatic rings. The van der Waals surface area contributed by atoms with Gasteiger partial charge in [-0.1, -0.05) is 19.3 Å². The van der Waals surface area contributed by atoms with Gasteiger partial charge in [-0.2, -0.15) is 0 Å². The fraction of sp³-hybridized carbons (Fsp3) is 0.714. The van der Waals surface area contributed by atoms with Gasteiger partial charge in [-0.3, -0.25) is 0 Å². The maximum absolute atomic E-state index is 4.69. The molecule has 1 aromatic rings. The molecule has 0 saturated heterocycles. The van der Waals surface area contributed by atoms with Crippen molar-refractivity contribution in [2.45, 2.75) is 64.3 Å². The van der Waals surface area contributed by atoms with Crippen molar-refractivity contribution in [1.29, 1.82) is 0 Å². The molecule has 1 saturated carbocycles. The van der Waals surface area contributed by atoms with Crippen LogP contribution in [0.25, 0.3) is 0 Å². The first kappa shape index (κ1) is 11.0. The van der Waals surface area contributed by atoms with Crippen molar-refractivity contribution < 1.29 is 0 Å². The number of fused-ring (bicyclic) bond motifs is 1. The van der Waals surface area contributed by atoms with Crippen molar-refractivity contribution in [2.24, 2.45) is 0 Å². The molecule has 0 amide bonds. The maximum Gasteiger partial charge on any atom is 0.223 e. The molecule has 1 aromatic heterocycles. The third-order valence-electron chi connectivity index (χ3n) is 4.08. The molecule has 0 atom stereocenters. The molecule has 0 bridgehead atoms. The van der Waals surface area contributed by atoms with E-state index in [4.69, 9.17) is 0 Å². The van der Waals surface area contributed by atoms with Crippen LogP contribution in [0.15, 0.2) is 0 Å². The molecule has 1 heterocycles. The van der Waals surface area contributed by atoms with E-state index in [9.17, 15) is 0 Å². The zero-order chi connectivity index (χ0) is 11.7. The molecule has 0 aliphatic heterocycles. The number of nitrogens with zero attached hydrogens (tertiary/aromatic N) is 2. The summed E-state index contributed by atoms with van der Waals surface area (Å²) < 4.78 is 0. The van der Waals surface area contributed by atoms with Gasteiger partial charge in [0.25, 0.3) is 0 Å². The first-order valence-electron chi connectivity index (χ1n) is 6.96. The van der Waals surface area contributed by atoms with Gasteiger partial charge < -0.3 is 5.32 Å². The Balaban J connectivity index is 1.76. The van der Waals surface area contributed by atoms with E-state index < -0.39 is 0 Å². The van der Waals surface area contributed by atoms with Gasteiger partial charge in [0, 0.05) is 17.4 Å². The Morgan fingerprint density at radius 1 is 1.00 bits per heavy atom. The Hall–Kier alpha value is -1.12. The van der Waals surface area contributed by atoms with Gasteiger partial charge in [-0.25, -0.2) is 9.97 Å². The Morgan fingerprint density at radius 3 is 2.65 bits per heavy atom. The summed E-state index contributed by atoms with van der Waals surface area (Å²) in [7, 11) is 0. The summed E-state index contributed by atoms with van der Waals surface area (Å²) in [5.41, 5.74) is 3.88. The van der Waals surface area contributed by atoms with Crippen LogP contribution in [-0.2, 0) is 12.8 Å². The number of aromatic nitrogens is 2. The lowest BCUT2D eigenvalue weighted by molar-refractivity contribution is 0.460. The first-order chi connectivity index (χ1) is 8.33. The van der Waals surface area contributed by atoms with E-state index in [0.717, 1.165) is 12.4 Å². The van der Waals surface area contributed by atoms with Crippen LogP contribution in [0, 0.1) is 6.92 Å². The molecule has 17 heavy (non-hydrogen) atoms. The standard InChI is InChI=1S/C14H21N3/c1-10-12-8-5-9-13(12)17-14(15-10)16-11-6-3-2-4-7-11/h11H,2-9H2,1H3,(H,15,16,17). The average Bonchev–Trinajstić information content (AvgIpc) is 2.79. The van der Waals surface area contributed by atoms with E-state index in [1.807, 2.05) is 0 Å². The smallest absolute Gasteiger partial charge is 0.223 e. The maximum atomic E-state index is 4.69. The van der Waals surface area contributed by atoms with Crippen LogP contribution in [0.4, 0.5) is 5.95 Å². The Kier molecular flexibility index (Phi) is 3.00. The van der Waals surface area contributed by atoms with Crippen LogP contribution in [0.5, 0.6) is 0 Å². The highest BCUT2D eigenvalue weighted by molar-refractivity contribution is 5.37. The van der Waals surface area contributed by atoms with Crippen LogP contribution < -0.4 is 5.32 Å². The van der Waals surface area contributed by atoms with E-state index in [1.165, 1.54) is 61.9 Å². The van der Waals surface area contributed by atoms with Gasteiger partial charge in [0.2, 0.25) is 5.95 Å². The molecule has 2 aliphatic carbocycles. The van der Waals surface area contributed by atoms with Crippen molar-refractivity contribution in [1.82, 2.24) is 9.97 Å². The summed E-state index contributed by atoms with van der Waals surface area (Å²) >= 11 is 0. The SMILES string of the molecule is Cc1nc(NC2CCCCC2)nc2c1CCC2.